The summed E-state index contributed by atoms with van der Waals surface area (Å²) >= 11 is 0. The molecule has 0 bridgehead atoms. The Morgan fingerprint density at radius 3 is 2.63 bits per heavy atom. The number of H-pyrrole nitrogens is 1. The van der Waals surface area contributed by atoms with Crippen LogP contribution in [0, 0.1) is 5.92 Å². The zero-order valence-corrected chi connectivity index (χ0v) is 15.4. The van der Waals surface area contributed by atoms with E-state index >= 15 is 0 Å². The Kier molecular flexibility index (Phi) is 5.63. The first-order valence-corrected chi connectivity index (χ1v) is 8.92. The number of aromatic nitrogens is 2. The van der Waals surface area contributed by atoms with E-state index in [-0.39, 0.29) is 24.4 Å². The van der Waals surface area contributed by atoms with Crippen molar-refractivity contribution in [3.8, 4) is 11.5 Å². The van der Waals surface area contributed by atoms with Gasteiger partial charge in [-0.15, -0.1) is 0 Å². The second-order valence-corrected chi connectivity index (χ2v) is 6.78. The molecule has 3 rings (SSSR count). The van der Waals surface area contributed by atoms with Crippen molar-refractivity contribution in [2.75, 3.05) is 13.2 Å². The molecule has 1 atom stereocenters. The van der Waals surface area contributed by atoms with Crippen LogP contribution < -0.4 is 26.0 Å². The number of benzene rings is 1. The molecule has 0 saturated heterocycles. The number of rotatable bonds is 5. The Hall–Kier alpha value is -3.03. The topological polar surface area (TPSA) is 102 Å². The summed E-state index contributed by atoms with van der Waals surface area (Å²) in [5.74, 6) is 1.16. The molecule has 1 aromatic carbocycles. The van der Waals surface area contributed by atoms with Gasteiger partial charge in [0.25, 0.3) is 5.56 Å². The molecule has 1 amide bonds. The van der Waals surface area contributed by atoms with Crippen molar-refractivity contribution in [2.24, 2.45) is 5.92 Å². The average molecular weight is 373 g/mol. The Morgan fingerprint density at radius 2 is 1.93 bits per heavy atom. The van der Waals surface area contributed by atoms with Crippen LogP contribution in [0.5, 0.6) is 11.5 Å². The highest BCUT2D eigenvalue weighted by atomic mass is 16.5. The highest BCUT2D eigenvalue weighted by Crippen LogP contribution is 2.34. The van der Waals surface area contributed by atoms with E-state index in [0.717, 1.165) is 16.6 Å². The second kappa shape index (κ2) is 8.11. The summed E-state index contributed by atoms with van der Waals surface area (Å²) in [6.45, 7) is 5.03. The lowest BCUT2D eigenvalue weighted by molar-refractivity contribution is -0.122. The Bertz CT molecular complexity index is 931. The number of hydrogen-bond acceptors (Lipinski definition) is 5. The summed E-state index contributed by atoms with van der Waals surface area (Å²) in [6, 6.07) is 6.60. The van der Waals surface area contributed by atoms with Gasteiger partial charge in [0.1, 0.15) is 6.54 Å². The van der Waals surface area contributed by atoms with Crippen LogP contribution in [-0.2, 0) is 11.3 Å². The van der Waals surface area contributed by atoms with Gasteiger partial charge in [-0.3, -0.25) is 19.1 Å². The van der Waals surface area contributed by atoms with Crippen molar-refractivity contribution in [3.05, 3.63) is 56.9 Å². The molecule has 27 heavy (non-hydrogen) atoms. The van der Waals surface area contributed by atoms with Crippen LogP contribution >= 0.6 is 0 Å². The quantitative estimate of drug-likeness (QED) is 0.820. The normalized spacial score (nSPS) is 14.5. The fourth-order valence-corrected chi connectivity index (χ4v) is 2.95. The summed E-state index contributed by atoms with van der Waals surface area (Å²) in [6.07, 6.45) is 2.13. The lowest BCUT2D eigenvalue weighted by Gasteiger charge is -2.24. The van der Waals surface area contributed by atoms with E-state index in [1.165, 1.54) is 12.3 Å². The van der Waals surface area contributed by atoms with Gasteiger partial charge in [-0.2, -0.15) is 0 Å². The number of fused-ring (bicyclic) bond motifs is 1. The SMILES string of the molecule is CC(C)C(NC(=O)Cn1ccc(=O)[nH]c1=O)c1ccc2c(c1)OCCCO2. The maximum Gasteiger partial charge on any atom is 0.328 e. The van der Waals surface area contributed by atoms with Gasteiger partial charge in [-0.25, -0.2) is 4.79 Å². The van der Waals surface area contributed by atoms with Crippen LogP contribution in [0.2, 0.25) is 0 Å². The predicted octanol–water partition coefficient (Wildman–Crippen LogP) is 1.21. The maximum atomic E-state index is 12.5. The summed E-state index contributed by atoms with van der Waals surface area (Å²) in [5.41, 5.74) is -0.213. The molecule has 1 unspecified atom stereocenters. The van der Waals surface area contributed by atoms with Gasteiger partial charge in [0, 0.05) is 18.7 Å². The molecule has 1 aliphatic heterocycles. The van der Waals surface area contributed by atoms with Crippen molar-refractivity contribution in [1.82, 2.24) is 14.9 Å². The summed E-state index contributed by atoms with van der Waals surface area (Å²) in [5, 5.41) is 2.96. The molecule has 8 nitrogen and oxygen atoms in total. The number of carbonyl (C=O) groups excluding carboxylic acids is 1. The van der Waals surface area contributed by atoms with E-state index in [4.69, 9.17) is 9.47 Å². The number of hydrogen-bond donors (Lipinski definition) is 2. The van der Waals surface area contributed by atoms with Crippen molar-refractivity contribution in [2.45, 2.75) is 32.9 Å². The molecule has 2 heterocycles. The molecule has 144 valence electrons. The van der Waals surface area contributed by atoms with Crippen LogP contribution in [0.25, 0.3) is 0 Å². The van der Waals surface area contributed by atoms with E-state index in [1.54, 1.807) is 0 Å². The molecule has 0 aliphatic carbocycles. The van der Waals surface area contributed by atoms with E-state index in [9.17, 15) is 14.4 Å². The standard InChI is InChI=1S/C19H23N3O5/c1-12(2)18(13-4-5-14-15(10-13)27-9-3-8-26-14)20-17(24)11-22-7-6-16(23)21-19(22)25/h4-7,10,12,18H,3,8-9,11H2,1-2H3,(H,20,24)(H,21,23,25). The first-order chi connectivity index (χ1) is 12.9. The molecule has 2 aromatic rings. The summed E-state index contributed by atoms with van der Waals surface area (Å²) in [7, 11) is 0. The van der Waals surface area contributed by atoms with Crippen molar-refractivity contribution >= 4 is 5.91 Å². The Morgan fingerprint density at radius 1 is 1.19 bits per heavy atom. The lowest BCUT2D eigenvalue weighted by Crippen LogP contribution is -2.38. The van der Waals surface area contributed by atoms with E-state index in [0.29, 0.717) is 24.7 Å². The van der Waals surface area contributed by atoms with Gasteiger partial charge < -0.3 is 14.8 Å². The van der Waals surface area contributed by atoms with Gasteiger partial charge in [0.05, 0.1) is 19.3 Å². The fraction of sp³-hybridized carbons (Fsp3) is 0.421. The third-order valence-corrected chi connectivity index (χ3v) is 4.32. The Balaban J connectivity index is 1.77. The van der Waals surface area contributed by atoms with Crippen LogP contribution in [0.3, 0.4) is 0 Å². The third kappa shape index (κ3) is 4.58. The monoisotopic (exact) mass is 373 g/mol. The third-order valence-electron chi connectivity index (χ3n) is 4.32. The first-order valence-electron chi connectivity index (χ1n) is 8.92. The number of nitrogens with zero attached hydrogens (tertiary/aromatic N) is 1. The van der Waals surface area contributed by atoms with E-state index in [1.807, 2.05) is 32.0 Å². The molecule has 8 heteroatoms. The smallest absolute Gasteiger partial charge is 0.328 e. The van der Waals surface area contributed by atoms with Crippen LogP contribution in [0.1, 0.15) is 31.9 Å². The molecule has 2 N–H and O–H groups in total. The van der Waals surface area contributed by atoms with Crippen molar-refractivity contribution < 1.29 is 14.3 Å². The fourth-order valence-electron chi connectivity index (χ4n) is 2.95. The van der Waals surface area contributed by atoms with Gasteiger partial charge in [-0.1, -0.05) is 19.9 Å². The number of ether oxygens (including phenoxy) is 2. The lowest BCUT2D eigenvalue weighted by atomic mass is 9.95. The molecular weight excluding hydrogens is 350 g/mol. The van der Waals surface area contributed by atoms with Crippen molar-refractivity contribution in [1.29, 1.82) is 0 Å². The Labute approximate surface area is 156 Å². The first kappa shape index (κ1) is 18.8. The van der Waals surface area contributed by atoms with E-state index in [2.05, 4.69) is 10.3 Å². The summed E-state index contributed by atoms with van der Waals surface area (Å²) in [4.78, 5) is 37.5. The molecule has 1 aliphatic rings. The maximum absolute atomic E-state index is 12.5. The number of carbonyl (C=O) groups is 1. The zero-order valence-electron chi connectivity index (χ0n) is 15.4. The van der Waals surface area contributed by atoms with Crippen LogP contribution in [0.15, 0.2) is 40.1 Å². The molecule has 0 saturated carbocycles. The predicted molar refractivity (Wildman–Crippen MR) is 99.1 cm³/mol. The minimum Gasteiger partial charge on any atom is -0.490 e. The van der Waals surface area contributed by atoms with Crippen LogP contribution in [0.4, 0.5) is 0 Å². The van der Waals surface area contributed by atoms with E-state index < -0.39 is 11.2 Å². The largest absolute Gasteiger partial charge is 0.490 e. The number of aromatic amines is 1. The molecular formula is C19H23N3O5. The van der Waals surface area contributed by atoms with Gasteiger partial charge in [-0.05, 0) is 23.6 Å². The van der Waals surface area contributed by atoms with Gasteiger partial charge >= 0.3 is 5.69 Å². The molecule has 1 aromatic heterocycles. The molecule has 0 spiro atoms. The zero-order chi connectivity index (χ0) is 19.4. The molecule has 0 fully saturated rings. The second-order valence-electron chi connectivity index (χ2n) is 6.78. The van der Waals surface area contributed by atoms with Gasteiger partial charge in [0.15, 0.2) is 11.5 Å². The summed E-state index contributed by atoms with van der Waals surface area (Å²) < 4.78 is 12.5. The number of amides is 1. The minimum absolute atomic E-state index is 0.117. The highest BCUT2D eigenvalue weighted by Gasteiger charge is 2.21. The van der Waals surface area contributed by atoms with Crippen LogP contribution in [-0.4, -0.2) is 28.7 Å². The molecule has 0 radical (unpaired) electrons. The highest BCUT2D eigenvalue weighted by molar-refractivity contribution is 5.76. The average Bonchev–Trinajstić information content (AvgIpc) is 2.86. The van der Waals surface area contributed by atoms with Gasteiger partial charge in [0.2, 0.25) is 5.91 Å². The van der Waals surface area contributed by atoms with Crippen molar-refractivity contribution in [3.63, 3.8) is 0 Å². The minimum atomic E-state index is -0.616. The number of nitrogens with one attached hydrogen (secondary N) is 2.